The number of nitrogens with zero attached hydrogens (tertiary/aromatic N) is 1. The zero-order chi connectivity index (χ0) is 22.2. The van der Waals surface area contributed by atoms with Gasteiger partial charge >= 0.3 is 22.0 Å². The number of alkyl halides is 3. The van der Waals surface area contributed by atoms with Gasteiger partial charge in [0.15, 0.2) is 4.90 Å². The van der Waals surface area contributed by atoms with E-state index in [1.54, 1.807) is 20.8 Å². The molecule has 0 saturated heterocycles. The van der Waals surface area contributed by atoms with E-state index in [2.05, 4.69) is 0 Å². The Balaban J connectivity index is 2.74. The van der Waals surface area contributed by atoms with E-state index in [0.717, 1.165) is 30.3 Å². The second-order valence-corrected chi connectivity index (χ2v) is 8.27. The van der Waals surface area contributed by atoms with Crippen LogP contribution < -0.4 is 4.74 Å². The van der Waals surface area contributed by atoms with E-state index in [4.69, 9.17) is 4.74 Å². The molecular weight excluding hydrogens is 415 g/mol. The number of ether oxygens (including phenoxy) is 1. The van der Waals surface area contributed by atoms with Gasteiger partial charge in [0.2, 0.25) is 5.75 Å². The summed E-state index contributed by atoms with van der Waals surface area (Å²) in [5, 5.41) is 11.6. The van der Waals surface area contributed by atoms with Crippen LogP contribution >= 0.6 is 0 Å². The summed E-state index contributed by atoms with van der Waals surface area (Å²) in [6.07, 6.45) is -4.09. The molecule has 1 N–H and O–H groups in total. The van der Waals surface area contributed by atoms with Crippen LogP contribution in [0, 0.1) is 10.1 Å². The molecule has 0 aliphatic carbocycles. The van der Waals surface area contributed by atoms with Crippen LogP contribution in [0.1, 0.15) is 38.3 Å². The number of nitro groups is 1. The van der Waals surface area contributed by atoms with Crippen LogP contribution in [-0.2, 0) is 21.7 Å². The minimum atomic E-state index is -4.96. The third kappa shape index (κ3) is 4.85. The summed E-state index contributed by atoms with van der Waals surface area (Å²) in [6.45, 7) is 5.27. The van der Waals surface area contributed by atoms with Gasteiger partial charge in [-0.3, -0.25) is 14.7 Å². The molecule has 0 aromatic heterocycles. The Morgan fingerprint density at radius 1 is 1.10 bits per heavy atom. The lowest BCUT2D eigenvalue weighted by Crippen LogP contribution is -2.18. The molecule has 2 aromatic rings. The Kier molecular flexibility index (Phi) is 5.96. The molecule has 0 spiro atoms. The summed E-state index contributed by atoms with van der Waals surface area (Å²) in [5.74, 6) is -0.626. The number of benzene rings is 2. The van der Waals surface area contributed by atoms with Gasteiger partial charge in [0.25, 0.3) is 0 Å². The average molecular weight is 433 g/mol. The molecule has 0 saturated carbocycles. The first kappa shape index (κ1) is 22.6. The molecule has 29 heavy (non-hydrogen) atoms. The Hall–Kier alpha value is -2.66. The number of rotatable bonds is 6. The first-order valence-electron chi connectivity index (χ1n) is 8.33. The highest BCUT2D eigenvalue weighted by atomic mass is 32.2. The van der Waals surface area contributed by atoms with Gasteiger partial charge in [-0.15, -0.1) is 0 Å². The van der Waals surface area contributed by atoms with Crippen LogP contribution in [0.3, 0.4) is 0 Å². The molecule has 2 aromatic carbocycles. The van der Waals surface area contributed by atoms with Gasteiger partial charge in [0, 0.05) is 5.56 Å². The second kappa shape index (κ2) is 7.64. The van der Waals surface area contributed by atoms with E-state index < -0.39 is 48.5 Å². The highest BCUT2D eigenvalue weighted by Crippen LogP contribution is 2.45. The highest BCUT2D eigenvalue weighted by molar-refractivity contribution is 7.86. The fourth-order valence-electron chi connectivity index (χ4n) is 2.59. The highest BCUT2D eigenvalue weighted by Gasteiger charge is 2.36. The van der Waals surface area contributed by atoms with Crippen molar-refractivity contribution in [2.45, 2.75) is 43.7 Å². The third-order valence-electron chi connectivity index (χ3n) is 4.57. The van der Waals surface area contributed by atoms with E-state index in [0.29, 0.717) is 6.42 Å². The van der Waals surface area contributed by atoms with Gasteiger partial charge in [-0.25, -0.2) is 0 Å². The van der Waals surface area contributed by atoms with E-state index in [1.165, 1.54) is 6.07 Å². The normalized spacial score (nSPS) is 12.7. The molecule has 11 heteroatoms. The molecule has 0 unspecified atom stereocenters. The molecule has 0 amide bonds. The quantitative estimate of drug-likeness (QED) is 0.374. The lowest BCUT2D eigenvalue weighted by atomic mass is 9.81. The van der Waals surface area contributed by atoms with Crippen molar-refractivity contribution in [1.82, 2.24) is 0 Å². The number of nitro benzene ring substituents is 1. The first-order valence-corrected chi connectivity index (χ1v) is 9.77. The topological polar surface area (TPSA) is 107 Å². The third-order valence-corrected chi connectivity index (χ3v) is 5.45. The van der Waals surface area contributed by atoms with Crippen molar-refractivity contribution < 1.29 is 35.8 Å². The lowest BCUT2D eigenvalue weighted by Gasteiger charge is -2.26. The van der Waals surface area contributed by atoms with Crippen LogP contribution in [-0.4, -0.2) is 17.9 Å². The van der Waals surface area contributed by atoms with Gasteiger partial charge < -0.3 is 4.74 Å². The first-order chi connectivity index (χ1) is 13.2. The molecule has 0 heterocycles. The molecule has 0 aliphatic heterocycles. The van der Waals surface area contributed by atoms with Gasteiger partial charge in [-0.1, -0.05) is 26.8 Å². The zero-order valence-corrected chi connectivity index (χ0v) is 16.5. The van der Waals surface area contributed by atoms with Crippen molar-refractivity contribution in [3.8, 4) is 11.5 Å². The summed E-state index contributed by atoms with van der Waals surface area (Å²) in [4.78, 5) is 9.65. The molecule has 2 rings (SSSR count). The maximum Gasteiger partial charge on any atom is 0.416 e. The Bertz CT molecular complexity index is 1030. The minimum Gasteiger partial charge on any atom is -0.450 e. The van der Waals surface area contributed by atoms with Crippen molar-refractivity contribution in [2.24, 2.45) is 0 Å². The maximum absolute atomic E-state index is 12.7. The largest absolute Gasteiger partial charge is 0.450 e. The number of halogens is 3. The molecular formula is C18H18F3NO6S. The summed E-state index contributed by atoms with van der Waals surface area (Å²) in [5.41, 5.74) is -2.38. The van der Waals surface area contributed by atoms with Crippen molar-refractivity contribution in [3.63, 3.8) is 0 Å². The van der Waals surface area contributed by atoms with Crippen LogP contribution in [0.5, 0.6) is 11.5 Å². The summed E-state index contributed by atoms with van der Waals surface area (Å²) < 4.78 is 76.3. The Morgan fingerprint density at radius 3 is 2.07 bits per heavy atom. The van der Waals surface area contributed by atoms with Crippen molar-refractivity contribution in [3.05, 3.63) is 57.6 Å². The second-order valence-electron chi connectivity index (χ2n) is 6.88. The van der Waals surface area contributed by atoms with Crippen LogP contribution in [0.25, 0.3) is 0 Å². The standard InChI is InChI=1S/C18H18F3NO6S/c1-4-17(2,3)13-9-10-14(29(25,26)27)15(22(23)24)16(13)28-12-7-5-11(6-8-12)18(19,20)21/h5-10H,4H2,1-3H3,(H,25,26,27). The van der Waals surface area contributed by atoms with Crippen LogP contribution in [0.4, 0.5) is 18.9 Å². The van der Waals surface area contributed by atoms with Crippen molar-refractivity contribution >= 4 is 15.8 Å². The van der Waals surface area contributed by atoms with Gasteiger partial charge in [-0.2, -0.15) is 21.6 Å². The predicted octanol–water partition coefficient (Wildman–Crippen LogP) is 5.34. The fraction of sp³-hybridized carbons (Fsp3) is 0.333. The summed E-state index contributed by atoms with van der Waals surface area (Å²) >= 11 is 0. The molecule has 0 aliphatic rings. The summed E-state index contributed by atoms with van der Waals surface area (Å²) in [6, 6.07) is 5.58. The monoisotopic (exact) mass is 433 g/mol. The van der Waals surface area contributed by atoms with Crippen LogP contribution in [0.15, 0.2) is 41.3 Å². The molecule has 0 fully saturated rings. The maximum atomic E-state index is 12.7. The van der Waals surface area contributed by atoms with E-state index in [1.807, 2.05) is 0 Å². The predicted molar refractivity (Wildman–Crippen MR) is 97.7 cm³/mol. The van der Waals surface area contributed by atoms with Gasteiger partial charge in [0.1, 0.15) is 5.75 Å². The van der Waals surface area contributed by atoms with E-state index >= 15 is 0 Å². The van der Waals surface area contributed by atoms with Crippen LogP contribution in [0.2, 0.25) is 0 Å². The average Bonchev–Trinajstić information content (AvgIpc) is 2.59. The Labute approximate surface area is 165 Å². The van der Waals surface area contributed by atoms with Gasteiger partial charge in [0.05, 0.1) is 10.5 Å². The smallest absolute Gasteiger partial charge is 0.416 e. The Morgan fingerprint density at radius 2 is 1.66 bits per heavy atom. The summed E-state index contributed by atoms with van der Waals surface area (Å²) in [7, 11) is -4.96. The zero-order valence-electron chi connectivity index (χ0n) is 15.6. The van der Waals surface area contributed by atoms with Crippen molar-refractivity contribution in [1.29, 1.82) is 0 Å². The van der Waals surface area contributed by atoms with Gasteiger partial charge in [-0.05, 0) is 42.2 Å². The fourth-order valence-corrected chi connectivity index (χ4v) is 3.24. The molecule has 0 atom stereocenters. The molecule has 0 bridgehead atoms. The van der Waals surface area contributed by atoms with E-state index in [9.17, 15) is 36.3 Å². The van der Waals surface area contributed by atoms with E-state index in [-0.39, 0.29) is 11.3 Å². The SMILES string of the molecule is CCC(C)(C)c1ccc(S(=O)(=O)O)c([N+](=O)[O-])c1Oc1ccc(C(F)(F)F)cc1. The number of hydrogen-bond donors (Lipinski definition) is 1. The lowest BCUT2D eigenvalue weighted by molar-refractivity contribution is -0.388. The minimum absolute atomic E-state index is 0.165. The number of hydrogen-bond acceptors (Lipinski definition) is 5. The molecule has 158 valence electrons. The molecule has 0 radical (unpaired) electrons. The van der Waals surface area contributed by atoms with Crippen molar-refractivity contribution in [2.75, 3.05) is 0 Å². The molecule has 7 nitrogen and oxygen atoms in total.